The number of rotatable bonds is 4. The van der Waals surface area contributed by atoms with Crippen molar-refractivity contribution in [3.05, 3.63) is 22.0 Å². The van der Waals surface area contributed by atoms with E-state index in [1.807, 2.05) is 27.0 Å². The van der Waals surface area contributed by atoms with E-state index in [2.05, 4.69) is 20.8 Å². The summed E-state index contributed by atoms with van der Waals surface area (Å²) in [6.45, 7) is 3.86. The Morgan fingerprint density at radius 2 is 2.00 bits per heavy atom. The molecule has 0 N–H and O–H groups in total. The van der Waals surface area contributed by atoms with Crippen LogP contribution in [-0.2, 0) is 9.47 Å². The number of amidine groups is 1. The molecule has 0 aromatic carbocycles. The van der Waals surface area contributed by atoms with Crippen molar-refractivity contribution >= 4 is 21.8 Å². The standard InChI is InChI=1S/C17H24BrF3N2O2/c1-4-14-15(25-10-17(19,20)21)13(18)9-11(2)23(3)16(22-14)12-5-7-24-8-6-12/h9,11-12H,4-8,10H2,1-3H3/b13-9-,15-14-,22-16-. The fourth-order valence-electron chi connectivity index (χ4n) is 2.89. The van der Waals surface area contributed by atoms with E-state index in [0.717, 1.165) is 18.7 Å². The van der Waals surface area contributed by atoms with Crippen LogP contribution in [0, 0.1) is 5.92 Å². The molecule has 2 heterocycles. The molecule has 0 spiro atoms. The number of hydrogen-bond acceptors (Lipinski definition) is 4. The van der Waals surface area contributed by atoms with Gasteiger partial charge in [0.25, 0.3) is 0 Å². The Morgan fingerprint density at radius 3 is 2.56 bits per heavy atom. The summed E-state index contributed by atoms with van der Waals surface area (Å²) in [5.41, 5.74) is 0.521. The maximum Gasteiger partial charge on any atom is 0.422 e. The summed E-state index contributed by atoms with van der Waals surface area (Å²) in [6, 6.07) is -0.0288. The topological polar surface area (TPSA) is 34.1 Å². The lowest BCUT2D eigenvalue weighted by Gasteiger charge is -2.35. The highest BCUT2D eigenvalue weighted by Crippen LogP contribution is 2.32. The molecule has 0 saturated carbocycles. The Kier molecular flexibility index (Phi) is 6.96. The monoisotopic (exact) mass is 424 g/mol. The fraction of sp³-hybridized carbons (Fsp3) is 0.706. The minimum Gasteiger partial charge on any atom is -0.481 e. The van der Waals surface area contributed by atoms with Crippen LogP contribution in [-0.4, -0.2) is 49.8 Å². The number of aliphatic imine (C=N–C) groups is 1. The zero-order valence-corrected chi connectivity index (χ0v) is 16.3. The normalized spacial score (nSPS) is 30.8. The van der Waals surface area contributed by atoms with Gasteiger partial charge in [-0.3, -0.25) is 0 Å². The van der Waals surface area contributed by atoms with Crippen molar-refractivity contribution in [2.24, 2.45) is 10.9 Å². The van der Waals surface area contributed by atoms with Crippen LogP contribution < -0.4 is 0 Å². The van der Waals surface area contributed by atoms with Crippen molar-refractivity contribution in [1.82, 2.24) is 4.90 Å². The SMILES string of the molecule is CCC1=C(OCC(F)(F)F)\C(Br)=C\C(C)N(C)/C(C2CCOCC2)=N\1. The van der Waals surface area contributed by atoms with Crippen molar-refractivity contribution in [1.29, 1.82) is 0 Å². The van der Waals surface area contributed by atoms with Crippen molar-refractivity contribution < 1.29 is 22.6 Å². The van der Waals surface area contributed by atoms with Crippen molar-refractivity contribution in [3.63, 3.8) is 0 Å². The Labute approximate surface area is 154 Å². The Morgan fingerprint density at radius 1 is 1.36 bits per heavy atom. The molecule has 2 aliphatic rings. The van der Waals surface area contributed by atoms with Crippen LogP contribution in [0.15, 0.2) is 27.0 Å². The molecule has 0 aromatic heterocycles. The fourth-order valence-corrected chi connectivity index (χ4v) is 3.62. The molecule has 0 aromatic rings. The first-order chi connectivity index (χ1) is 11.7. The van der Waals surface area contributed by atoms with E-state index in [0.29, 0.717) is 29.8 Å². The molecular weight excluding hydrogens is 401 g/mol. The summed E-state index contributed by atoms with van der Waals surface area (Å²) in [5, 5.41) is 0. The molecule has 8 heteroatoms. The van der Waals surface area contributed by atoms with E-state index in [4.69, 9.17) is 14.5 Å². The van der Waals surface area contributed by atoms with E-state index >= 15 is 0 Å². The van der Waals surface area contributed by atoms with Gasteiger partial charge in [-0.05, 0) is 48.2 Å². The average molecular weight is 425 g/mol. The zero-order chi connectivity index (χ0) is 18.6. The summed E-state index contributed by atoms with van der Waals surface area (Å²) in [5.74, 6) is 1.29. The molecule has 1 fully saturated rings. The summed E-state index contributed by atoms with van der Waals surface area (Å²) in [6.07, 6.45) is -0.343. The number of allylic oxidation sites excluding steroid dienone is 2. The molecule has 2 rings (SSSR count). The van der Waals surface area contributed by atoms with Crippen molar-refractivity contribution in [2.75, 3.05) is 26.9 Å². The van der Waals surface area contributed by atoms with E-state index in [9.17, 15) is 13.2 Å². The van der Waals surface area contributed by atoms with Crippen LogP contribution in [0.3, 0.4) is 0 Å². The lowest BCUT2D eigenvalue weighted by Crippen LogP contribution is -2.41. The summed E-state index contributed by atoms with van der Waals surface area (Å²) < 4.78 is 48.9. The average Bonchev–Trinajstić information content (AvgIpc) is 2.56. The van der Waals surface area contributed by atoms with Gasteiger partial charge < -0.3 is 14.4 Å². The number of alkyl halides is 3. The second-order valence-electron chi connectivity index (χ2n) is 6.26. The molecular formula is C17H24BrF3N2O2. The van der Waals surface area contributed by atoms with Crippen LogP contribution >= 0.6 is 15.9 Å². The quantitative estimate of drug-likeness (QED) is 0.659. The maximum absolute atomic E-state index is 12.6. The van der Waals surface area contributed by atoms with Gasteiger partial charge in [0.2, 0.25) is 0 Å². The second kappa shape index (κ2) is 8.58. The van der Waals surface area contributed by atoms with Crippen LogP contribution in [0.5, 0.6) is 0 Å². The lowest BCUT2D eigenvalue weighted by molar-refractivity contribution is -0.164. The van der Waals surface area contributed by atoms with E-state index in [-0.39, 0.29) is 17.7 Å². The number of halogens is 4. The summed E-state index contributed by atoms with van der Waals surface area (Å²) in [4.78, 5) is 6.82. The van der Waals surface area contributed by atoms with Crippen molar-refractivity contribution in [3.8, 4) is 0 Å². The van der Waals surface area contributed by atoms with Crippen molar-refractivity contribution in [2.45, 2.75) is 45.3 Å². The third kappa shape index (κ3) is 5.48. The number of nitrogens with zero attached hydrogens (tertiary/aromatic N) is 2. The summed E-state index contributed by atoms with van der Waals surface area (Å²) in [7, 11) is 1.96. The third-order valence-corrected chi connectivity index (χ3v) is 5.01. The van der Waals surface area contributed by atoms with E-state index < -0.39 is 12.8 Å². The Bertz CT molecular complexity index is 567. The minimum atomic E-state index is -4.39. The number of ether oxygens (including phenoxy) is 2. The van der Waals surface area contributed by atoms with Crippen LogP contribution in [0.1, 0.15) is 33.1 Å². The van der Waals surface area contributed by atoms with Gasteiger partial charge in [0.15, 0.2) is 12.4 Å². The predicted octanol–water partition coefficient (Wildman–Crippen LogP) is 4.62. The smallest absolute Gasteiger partial charge is 0.422 e. The maximum atomic E-state index is 12.6. The van der Waals surface area contributed by atoms with Gasteiger partial charge >= 0.3 is 6.18 Å². The van der Waals surface area contributed by atoms with E-state index in [1.54, 1.807) is 0 Å². The lowest BCUT2D eigenvalue weighted by atomic mass is 9.96. The predicted molar refractivity (Wildman–Crippen MR) is 94.5 cm³/mol. The third-order valence-electron chi connectivity index (χ3n) is 4.39. The summed E-state index contributed by atoms with van der Waals surface area (Å²) >= 11 is 3.37. The zero-order valence-electron chi connectivity index (χ0n) is 14.7. The van der Waals surface area contributed by atoms with Gasteiger partial charge in [-0.25, -0.2) is 4.99 Å². The molecule has 0 aliphatic carbocycles. The minimum absolute atomic E-state index is 0.0288. The number of likely N-dealkylation sites (N-methyl/N-ethyl adjacent to an activating group) is 1. The molecule has 1 atom stereocenters. The Balaban J connectivity index is 2.42. The molecule has 4 nitrogen and oxygen atoms in total. The van der Waals surface area contributed by atoms with Crippen LogP contribution in [0.25, 0.3) is 0 Å². The van der Waals surface area contributed by atoms with E-state index in [1.165, 1.54) is 0 Å². The molecule has 0 radical (unpaired) electrons. The molecule has 0 bridgehead atoms. The molecule has 1 unspecified atom stereocenters. The first kappa shape index (κ1) is 20.3. The van der Waals surface area contributed by atoms with Crippen LogP contribution in [0.4, 0.5) is 13.2 Å². The first-order valence-corrected chi connectivity index (χ1v) is 9.21. The van der Waals surface area contributed by atoms with Crippen LogP contribution in [0.2, 0.25) is 0 Å². The molecule has 0 amide bonds. The molecule has 1 saturated heterocycles. The molecule has 2 aliphatic heterocycles. The first-order valence-electron chi connectivity index (χ1n) is 8.42. The molecule has 25 heavy (non-hydrogen) atoms. The highest BCUT2D eigenvalue weighted by molar-refractivity contribution is 9.11. The second-order valence-corrected chi connectivity index (χ2v) is 7.11. The van der Waals surface area contributed by atoms with Gasteiger partial charge in [-0.1, -0.05) is 6.92 Å². The highest BCUT2D eigenvalue weighted by Gasteiger charge is 2.31. The van der Waals surface area contributed by atoms with Gasteiger partial charge in [0.1, 0.15) is 5.84 Å². The van der Waals surface area contributed by atoms with Gasteiger partial charge in [-0.15, -0.1) is 0 Å². The van der Waals surface area contributed by atoms with Gasteiger partial charge in [0.05, 0.1) is 10.2 Å². The highest BCUT2D eigenvalue weighted by atomic mass is 79.9. The van der Waals surface area contributed by atoms with Gasteiger partial charge in [-0.2, -0.15) is 13.2 Å². The Hall–Kier alpha value is -1.02. The largest absolute Gasteiger partial charge is 0.481 e. The number of hydrogen-bond donors (Lipinski definition) is 0. The molecule has 142 valence electrons. The van der Waals surface area contributed by atoms with Gasteiger partial charge in [0, 0.05) is 32.2 Å².